The van der Waals surface area contributed by atoms with E-state index in [1.165, 1.54) is 10.6 Å². The second-order valence-corrected chi connectivity index (χ2v) is 8.61. The molecule has 3 heterocycles. The lowest BCUT2D eigenvalue weighted by Gasteiger charge is -2.40. The Labute approximate surface area is 141 Å². The van der Waals surface area contributed by atoms with E-state index in [0.29, 0.717) is 45.8 Å². The van der Waals surface area contributed by atoms with Crippen LogP contribution in [0.1, 0.15) is 5.56 Å². The summed E-state index contributed by atoms with van der Waals surface area (Å²) in [7, 11) is -3.23. The van der Waals surface area contributed by atoms with Crippen molar-refractivity contribution in [3.05, 3.63) is 24.2 Å². The van der Waals surface area contributed by atoms with Crippen molar-refractivity contribution in [2.45, 2.75) is 12.6 Å². The smallest absolute Gasteiger partial charge is 0.309 e. The van der Waals surface area contributed by atoms with Gasteiger partial charge in [-0.15, -0.1) is 0 Å². The molecule has 0 aliphatic carbocycles. The number of nitrogens with zero attached hydrogens (tertiary/aromatic N) is 3. The van der Waals surface area contributed by atoms with Gasteiger partial charge in [0.2, 0.25) is 10.0 Å². The molecular formula is C15H23N3O5S. The number of hydrogen-bond donors (Lipinski definition) is 1. The molecule has 2 saturated heterocycles. The van der Waals surface area contributed by atoms with E-state index < -0.39 is 21.9 Å². The lowest BCUT2D eigenvalue weighted by molar-refractivity contribution is -0.142. The molecule has 0 radical (unpaired) electrons. The monoisotopic (exact) mass is 357 g/mol. The lowest BCUT2D eigenvalue weighted by atomic mass is 10.1. The van der Waals surface area contributed by atoms with Gasteiger partial charge in [0, 0.05) is 57.4 Å². The van der Waals surface area contributed by atoms with E-state index in [1.54, 1.807) is 12.5 Å². The van der Waals surface area contributed by atoms with Gasteiger partial charge < -0.3 is 9.52 Å². The molecule has 1 aromatic heterocycles. The van der Waals surface area contributed by atoms with Crippen LogP contribution >= 0.6 is 0 Å². The topological polar surface area (TPSA) is 94.3 Å². The molecule has 0 spiro atoms. The number of piperazine rings is 1. The minimum Gasteiger partial charge on any atom is -0.481 e. The maximum absolute atomic E-state index is 11.8. The molecule has 0 aromatic carbocycles. The summed E-state index contributed by atoms with van der Waals surface area (Å²) in [5.74, 6) is -1.29. The summed E-state index contributed by atoms with van der Waals surface area (Å²) in [4.78, 5) is 15.8. The zero-order chi connectivity index (χ0) is 17.3. The first-order valence-electron chi connectivity index (χ1n) is 7.98. The number of sulfonamides is 1. The van der Waals surface area contributed by atoms with Gasteiger partial charge in [0.05, 0.1) is 24.7 Å². The maximum atomic E-state index is 11.8. The number of aliphatic carboxylic acids is 1. The summed E-state index contributed by atoms with van der Waals surface area (Å²) in [5, 5.41) is 9.50. The molecule has 24 heavy (non-hydrogen) atoms. The molecule has 2 aliphatic heterocycles. The molecule has 9 heteroatoms. The highest BCUT2D eigenvalue weighted by Gasteiger charge is 2.38. The van der Waals surface area contributed by atoms with E-state index >= 15 is 0 Å². The number of hydrogen-bond acceptors (Lipinski definition) is 6. The fraction of sp³-hybridized carbons (Fsp3) is 0.667. The van der Waals surface area contributed by atoms with Gasteiger partial charge in [-0.25, -0.2) is 8.42 Å². The molecule has 1 aromatic rings. The van der Waals surface area contributed by atoms with Crippen LogP contribution in [-0.2, 0) is 21.4 Å². The van der Waals surface area contributed by atoms with Crippen molar-refractivity contribution >= 4 is 16.0 Å². The molecule has 3 rings (SSSR count). The van der Waals surface area contributed by atoms with Crippen molar-refractivity contribution < 1.29 is 22.7 Å². The Morgan fingerprint density at radius 1 is 1.29 bits per heavy atom. The van der Waals surface area contributed by atoms with Crippen LogP contribution in [0.15, 0.2) is 23.0 Å². The molecule has 0 saturated carbocycles. The summed E-state index contributed by atoms with van der Waals surface area (Å²) in [5.41, 5.74) is 0.989. The lowest BCUT2D eigenvalue weighted by Crippen LogP contribution is -2.57. The van der Waals surface area contributed by atoms with Crippen LogP contribution in [0.4, 0.5) is 0 Å². The Hall–Kier alpha value is -1.42. The van der Waals surface area contributed by atoms with Gasteiger partial charge in [-0.05, 0) is 6.07 Å². The second-order valence-electron chi connectivity index (χ2n) is 6.63. The standard InChI is InChI=1S/C15H23N3O5S/c1-24(21,22)18-4-3-17-8-13(15(19)20)7-16(9-14(17)10-18)6-12-2-5-23-11-12/h2,5,11,13-14H,3-4,6-10H2,1H3,(H,19,20)/t13-,14+/m1/s1. The van der Waals surface area contributed by atoms with E-state index in [0.717, 1.165) is 5.56 Å². The van der Waals surface area contributed by atoms with Crippen LogP contribution in [0.3, 0.4) is 0 Å². The Morgan fingerprint density at radius 2 is 2.08 bits per heavy atom. The van der Waals surface area contributed by atoms with Crippen molar-refractivity contribution in [3.8, 4) is 0 Å². The Bertz CT molecular complexity index is 675. The van der Waals surface area contributed by atoms with Crippen molar-refractivity contribution in [1.82, 2.24) is 14.1 Å². The van der Waals surface area contributed by atoms with Crippen molar-refractivity contribution in [2.75, 3.05) is 45.5 Å². The number of carboxylic acids is 1. The third-order valence-electron chi connectivity index (χ3n) is 4.77. The van der Waals surface area contributed by atoms with Crippen LogP contribution in [0.2, 0.25) is 0 Å². The van der Waals surface area contributed by atoms with Crippen molar-refractivity contribution in [3.63, 3.8) is 0 Å². The molecule has 8 nitrogen and oxygen atoms in total. The van der Waals surface area contributed by atoms with Crippen molar-refractivity contribution in [2.24, 2.45) is 5.92 Å². The number of carbonyl (C=O) groups is 1. The minimum absolute atomic E-state index is 0.00438. The summed E-state index contributed by atoms with van der Waals surface area (Å²) in [6.07, 6.45) is 4.48. The molecule has 2 aliphatic rings. The summed E-state index contributed by atoms with van der Waals surface area (Å²) >= 11 is 0. The highest BCUT2D eigenvalue weighted by atomic mass is 32.2. The fourth-order valence-corrected chi connectivity index (χ4v) is 4.39. The van der Waals surface area contributed by atoms with E-state index in [-0.39, 0.29) is 6.04 Å². The highest BCUT2D eigenvalue weighted by molar-refractivity contribution is 7.88. The first kappa shape index (κ1) is 17.4. The maximum Gasteiger partial charge on any atom is 0.309 e. The van der Waals surface area contributed by atoms with Gasteiger partial charge in [0.1, 0.15) is 0 Å². The Morgan fingerprint density at radius 3 is 2.71 bits per heavy atom. The van der Waals surface area contributed by atoms with E-state index in [9.17, 15) is 18.3 Å². The third kappa shape index (κ3) is 3.97. The van der Waals surface area contributed by atoms with Crippen LogP contribution in [0.5, 0.6) is 0 Å². The summed E-state index contributed by atoms with van der Waals surface area (Å²) in [6.45, 7) is 3.55. The SMILES string of the molecule is CS(=O)(=O)N1CCN2C[C@H](C(=O)O)CN(Cc3ccoc3)C[C@H]2C1. The number of fused-ring (bicyclic) bond motifs is 1. The fourth-order valence-electron chi connectivity index (χ4n) is 3.53. The normalized spacial score (nSPS) is 27.5. The first-order chi connectivity index (χ1) is 11.3. The summed E-state index contributed by atoms with van der Waals surface area (Å²) in [6, 6.07) is 1.87. The van der Waals surface area contributed by atoms with Gasteiger partial charge in [0.15, 0.2) is 0 Å². The largest absolute Gasteiger partial charge is 0.481 e. The van der Waals surface area contributed by atoms with Crippen molar-refractivity contribution in [1.29, 1.82) is 0 Å². The van der Waals surface area contributed by atoms with E-state index in [2.05, 4.69) is 9.80 Å². The average Bonchev–Trinajstić information content (AvgIpc) is 2.92. The highest BCUT2D eigenvalue weighted by Crippen LogP contribution is 2.21. The van der Waals surface area contributed by atoms with Gasteiger partial charge in [-0.2, -0.15) is 4.31 Å². The first-order valence-corrected chi connectivity index (χ1v) is 9.83. The molecule has 1 N–H and O–H groups in total. The van der Waals surface area contributed by atoms with Gasteiger partial charge in [0.25, 0.3) is 0 Å². The minimum atomic E-state index is -3.23. The number of carboxylic acid groups (broad SMARTS) is 1. The predicted octanol–water partition coefficient (Wildman–Crippen LogP) is -0.258. The number of furan rings is 1. The van der Waals surface area contributed by atoms with Crippen LogP contribution < -0.4 is 0 Å². The van der Waals surface area contributed by atoms with E-state index in [1.807, 2.05) is 6.07 Å². The van der Waals surface area contributed by atoms with Gasteiger partial charge >= 0.3 is 5.97 Å². The molecule has 0 amide bonds. The Kier molecular flexibility index (Phi) is 4.95. The Balaban J connectivity index is 1.77. The predicted molar refractivity (Wildman–Crippen MR) is 86.9 cm³/mol. The van der Waals surface area contributed by atoms with Gasteiger partial charge in [-0.3, -0.25) is 14.6 Å². The van der Waals surface area contributed by atoms with Crippen LogP contribution in [0.25, 0.3) is 0 Å². The molecule has 0 bridgehead atoms. The zero-order valence-corrected chi connectivity index (χ0v) is 14.5. The van der Waals surface area contributed by atoms with Gasteiger partial charge in [-0.1, -0.05) is 0 Å². The molecule has 134 valence electrons. The number of rotatable bonds is 4. The zero-order valence-electron chi connectivity index (χ0n) is 13.7. The molecule has 0 unspecified atom stereocenters. The van der Waals surface area contributed by atoms with Crippen LogP contribution in [-0.4, -0.2) is 85.2 Å². The molecular weight excluding hydrogens is 334 g/mol. The molecule has 2 fully saturated rings. The average molecular weight is 357 g/mol. The van der Waals surface area contributed by atoms with Crippen LogP contribution in [0, 0.1) is 5.92 Å². The van der Waals surface area contributed by atoms with E-state index in [4.69, 9.17) is 4.42 Å². The third-order valence-corrected chi connectivity index (χ3v) is 6.04. The second kappa shape index (κ2) is 6.83. The molecule has 2 atom stereocenters. The quantitative estimate of drug-likeness (QED) is 0.793. The summed E-state index contributed by atoms with van der Waals surface area (Å²) < 4.78 is 30.3.